The Kier molecular flexibility index (Phi) is 4.76. The molecule has 5 nitrogen and oxygen atoms in total. The molecule has 1 aliphatic carbocycles. The SMILES string of the molecule is CCO[C@@H]1C[C@@H](NC(=O)CO)[C@H]1Oc1ccccc1. The largest absolute Gasteiger partial charge is 0.486 e. The normalized spacial score (nSPS) is 25.5. The van der Waals surface area contributed by atoms with Gasteiger partial charge in [-0.15, -0.1) is 0 Å². The highest BCUT2D eigenvalue weighted by atomic mass is 16.5. The molecule has 104 valence electrons. The van der Waals surface area contributed by atoms with Gasteiger partial charge in [-0.05, 0) is 19.1 Å². The molecule has 0 spiro atoms. The maximum atomic E-state index is 11.2. The molecule has 0 saturated heterocycles. The molecule has 1 aliphatic rings. The highest BCUT2D eigenvalue weighted by Gasteiger charge is 2.44. The first-order valence-corrected chi connectivity index (χ1v) is 6.48. The number of nitrogens with one attached hydrogen (secondary N) is 1. The Morgan fingerprint density at radius 3 is 2.79 bits per heavy atom. The van der Waals surface area contributed by atoms with Crippen molar-refractivity contribution in [1.29, 1.82) is 0 Å². The van der Waals surface area contributed by atoms with Crippen LogP contribution in [0.25, 0.3) is 0 Å². The predicted molar refractivity (Wildman–Crippen MR) is 69.9 cm³/mol. The monoisotopic (exact) mass is 265 g/mol. The van der Waals surface area contributed by atoms with Crippen LogP contribution in [0.4, 0.5) is 0 Å². The second kappa shape index (κ2) is 6.54. The van der Waals surface area contributed by atoms with E-state index in [1.54, 1.807) is 0 Å². The Morgan fingerprint density at radius 2 is 2.16 bits per heavy atom. The number of benzene rings is 1. The lowest BCUT2D eigenvalue weighted by atomic mass is 9.85. The van der Waals surface area contributed by atoms with Crippen LogP contribution in [0.3, 0.4) is 0 Å². The molecular weight excluding hydrogens is 246 g/mol. The van der Waals surface area contributed by atoms with Gasteiger partial charge in [0.2, 0.25) is 5.91 Å². The summed E-state index contributed by atoms with van der Waals surface area (Å²) in [6, 6.07) is 9.32. The fourth-order valence-electron chi connectivity index (χ4n) is 2.17. The van der Waals surface area contributed by atoms with E-state index in [1.807, 2.05) is 37.3 Å². The smallest absolute Gasteiger partial charge is 0.246 e. The number of rotatable bonds is 6. The number of hydrogen-bond donors (Lipinski definition) is 2. The van der Waals surface area contributed by atoms with Gasteiger partial charge in [0.05, 0.1) is 12.1 Å². The van der Waals surface area contributed by atoms with Crippen molar-refractivity contribution in [3.63, 3.8) is 0 Å². The van der Waals surface area contributed by atoms with E-state index in [9.17, 15) is 4.79 Å². The molecule has 3 atom stereocenters. The zero-order valence-electron chi connectivity index (χ0n) is 10.9. The summed E-state index contributed by atoms with van der Waals surface area (Å²) in [6.45, 7) is 2.03. The van der Waals surface area contributed by atoms with Gasteiger partial charge in [-0.3, -0.25) is 4.79 Å². The minimum absolute atomic E-state index is 0.0193. The van der Waals surface area contributed by atoms with Crippen molar-refractivity contribution in [3.8, 4) is 5.75 Å². The van der Waals surface area contributed by atoms with Gasteiger partial charge in [-0.25, -0.2) is 0 Å². The molecule has 1 aromatic carbocycles. The summed E-state index contributed by atoms with van der Waals surface area (Å²) in [5, 5.41) is 11.5. The molecule has 5 heteroatoms. The van der Waals surface area contributed by atoms with Crippen LogP contribution in [-0.4, -0.2) is 42.5 Å². The third kappa shape index (κ3) is 3.45. The number of ether oxygens (including phenoxy) is 2. The number of para-hydroxylation sites is 1. The molecule has 0 aromatic heterocycles. The topological polar surface area (TPSA) is 67.8 Å². The summed E-state index contributed by atoms with van der Waals surface area (Å²) < 4.78 is 11.4. The molecule has 2 rings (SSSR count). The number of aliphatic hydroxyl groups is 1. The summed E-state index contributed by atoms with van der Waals surface area (Å²) in [5.41, 5.74) is 0. The molecule has 0 heterocycles. The summed E-state index contributed by atoms with van der Waals surface area (Å²) in [4.78, 5) is 11.2. The van der Waals surface area contributed by atoms with Crippen LogP contribution in [0.5, 0.6) is 5.75 Å². The minimum Gasteiger partial charge on any atom is -0.486 e. The first kappa shape index (κ1) is 13.8. The van der Waals surface area contributed by atoms with E-state index >= 15 is 0 Å². The molecule has 19 heavy (non-hydrogen) atoms. The molecule has 0 bridgehead atoms. The van der Waals surface area contributed by atoms with Gasteiger partial charge in [0, 0.05) is 13.0 Å². The molecule has 0 radical (unpaired) electrons. The number of carbonyl (C=O) groups excluding carboxylic acids is 1. The van der Waals surface area contributed by atoms with Crippen LogP contribution in [0.2, 0.25) is 0 Å². The van der Waals surface area contributed by atoms with E-state index in [2.05, 4.69) is 5.32 Å². The van der Waals surface area contributed by atoms with Gasteiger partial charge in [0.15, 0.2) is 0 Å². The Bertz CT molecular complexity index is 409. The summed E-state index contributed by atoms with van der Waals surface area (Å²) >= 11 is 0. The fraction of sp³-hybridized carbons (Fsp3) is 0.500. The Morgan fingerprint density at radius 1 is 1.42 bits per heavy atom. The standard InChI is InChI=1S/C14H19NO4/c1-2-18-12-8-11(15-13(17)9-16)14(12)19-10-6-4-3-5-7-10/h3-7,11-12,14,16H,2,8-9H2,1H3,(H,15,17)/t11-,12-,14-/m1/s1. The van der Waals surface area contributed by atoms with Crippen LogP contribution in [-0.2, 0) is 9.53 Å². The van der Waals surface area contributed by atoms with Gasteiger partial charge in [-0.2, -0.15) is 0 Å². The molecule has 2 N–H and O–H groups in total. The maximum absolute atomic E-state index is 11.2. The predicted octanol–water partition coefficient (Wildman–Crippen LogP) is 0.720. The molecule has 1 saturated carbocycles. The zero-order valence-corrected chi connectivity index (χ0v) is 10.9. The third-order valence-electron chi connectivity index (χ3n) is 3.14. The van der Waals surface area contributed by atoms with E-state index in [1.165, 1.54) is 0 Å². The van der Waals surface area contributed by atoms with Crippen molar-refractivity contribution >= 4 is 5.91 Å². The van der Waals surface area contributed by atoms with Crippen molar-refractivity contribution in [2.24, 2.45) is 0 Å². The lowest BCUT2D eigenvalue weighted by Gasteiger charge is -2.43. The zero-order chi connectivity index (χ0) is 13.7. The quantitative estimate of drug-likeness (QED) is 0.795. The Hall–Kier alpha value is -1.59. The van der Waals surface area contributed by atoms with Gasteiger partial charge in [0.1, 0.15) is 18.5 Å². The Labute approximate surface area is 112 Å². The van der Waals surface area contributed by atoms with Gasteiger partial charge in [-0.1, -0.05) is 18.2 Å². The van der Waals surface area contributed by atoms with E-state index in [4.69, 9.17) is 14.6 Å². The van der Waals surface area contributed by atoms with Crippen molar-refractivity contribution in [2.45, 2.75) is 31.6 Å². The molecule has 1 amide bonds. The second-order valence-electron chi connectivity index (χ2n) is 4.46. The van der Waals surface area contributed by atoms with Crippen molar-refractivity contribution in [2.75, 3.05) is 13.2 Å². The van der Waals surface area contributed by atoms with E-state index in [0.29, 0.717) is 13.0 Å². The van der Waals surface area contributed by atoms with Crippen molar-refractivity contribution < 1.29 is 19.4 Å². The first-order chi connectivity index (χ1) is 9.24. The average Bonchev–Trinajstić information content (AvgIpc) is 2.44. The van der Waals surface area contributed by atoms with Crippen LogP contribution in [0, 0.1) is 0 Å². The van der Waals surface area contributed by atoms with Gasteiger partial charge < -0.3 is 19.9 Å². The maximum Gasteiger partial charge on any atom is 0.246 e. The van der Waals surface area contributed by atoms with Gasteiger partial charge in [0.25, 0.3) is 0 Å². The third-order valence-corrected chi connectivity index (χ3v) is 3.14. The van der Waals surface area contributed by atoms with E-state index < -0.39 is 6.61 Å². The first-order valence-electron chi connectivity index (χ1n) is 6.48. The highest BCUT2D eigenvalue weighted by Crippen LogP contribution is 2.29. The van der Waals surface area contributed by atoms with Crippen LogP contribution >= 0.6 is 0 Å². The summed E-state index contributed by atoms with van der Waals surface area (Å²) in [6.07, 6.45) is 0.476. The number of amides is 1. The number of aliphatic hydroxyl groups excluding tert-OH is 1. The van der Waals surface area contributed by atoms with E-state index in [0.717, 1.165) is 5.75 Å². The average molecular weight is 265 g/mol. The molecule has 1 fully saturated rings. The lowest BCUT2D eigenvalue weighted by Crippen LogP contribution is -2.63. The second-order valence-corrected chi connectivity index (χ2v) is 4.46. The highest BCUT2D eigenvalue weighted by molar-refractivity contribution is 5.77. The fourth-order valence-corrected chi connectivity index (χ4v) is 2.17. The molecule has 0 unspecified atom stereocenters. The molecule has 1 aromatic rings. The van der Waals surface area contributed by atoms with Gasteiger partial charge >= 0.3 is 0 Å². The summed E-state index contributed by atoms with van der Waals surface area (Å²) in [5.74, 6) is 0.363. The van der Waals surface area contributed by atoms with Crippen molar-refractivity contribution in [1.82, 2.24) is 5.32 Å². The number of carbonyl (C=O) groups is 1. The number of hydrogen-bond acceptors (Lipinski definition) is 4. The van der Waals surface area contributed by atoms with Crippen molar-refractivity contribution in [3.05, 3.63) is 30.3 Å². The van der Waals surface area contributed by atoms with E-state index in [-0.39, 0.29) is 24.2 Å². The van der Waals surface area contributed by atoms with Crippen LogP contribution < -0.4 is 10.1 Å². The Balaban J connectivity index is 1.96. The molecule has 0 aliphatic heterocycles. The minimum atomic E-state index is -0.506. The summed E-state index contributed by atoms with van der Waals surface area (Å²) in [7, 11) is 0. The van der Waals surface area contributed by atoms with Crippen LogP contribution in [0.1, 0.15) is 13.3 Å². The molecular formula is C14H19NO4. The lowest BCUT2D eigenvalue weighted by molar-refractivity contribution is -0.134. The van der Waals surface area contributed by atoms with Crippen LogP contribution in [0.15, 0.2) is 30.3 Å².